The highest BCUT2D eigenvalue weighted by molar-refractivity contribution is 6.50. The van der Waals surface area contributed by atoms with Gasteiger partial charge in [-0.15, -0.1) is 0 Å². The number of rotatable bonds is 7. The van der Waals surface area contributed by atoms with Crippen molar-refractivity contribution in [2.24, 2.45) is 0 Å². The highest BCUT2D eigenvalue weighted by Gasteiger charge is 2.10. The fourth-order valence-electron chi connectivity index (χ4n) is 1.83. The molecule has 0 N–H and O–H groups in total. The van der Waals surface area contributed by atoms with Crippen LogP contribution in [0.4, 0.5) is 0 Å². The predicted octanol–water partition coefficient (Wildman–Crippen LogP) is 1.49. The molecule has 0 saturated carbocycles. The van der Waals surface area contributed by atoms with E-state index in [9.17, 15) is 0 Å². The fraction of sp³-hybridized carbons (Fsp3) is 1.00. The number of hydrogen-bond donors (Lipinski definition) is 0. The Morgan fingerprint density at radius 2 is 2.07 bits per heavy atom. The maximum absolute atomic E-state index is 5.78. The van der Waals surface area contributed by atoms with E-state index in [1.54, 1.807) is 0 Å². The van der Waals surface area contributed by atoms with Crippen LogP contribution in [0, 0.1) is 0 Å². The predicted molar refractivity (Wildman–Crippen MR) is 65.9 cm³/mol. The number of nitrogens with zero attached hydrogens (tertiary/aromatic N) is 1. The van der Waals surface area contributed by atoms with Gasteiger partial charge >= 0.3 is 0 Å². The van der Waals surface area contributed by atoms with Crippen LogP contribution < -0.4 is 0 Å². The van der Waals surface area contributed by atoms with Crippen molar-refractivity contribution < 1.29 is 9.16 Å². The van der Waals surface area contributed by atoms with Gasteiger partial charge in [0.15, 0.2) is 9.04 Å². The van der Waals surface area contributed by atoms with Crippen molar-refractivity contribution in [1.82, 2.24) is 4.90 Å². The van der Waals surface area contributed by atoms with Crippen LogP contribution in [0.15, 0.2) is 0 Å². The summed E-state index contributed by atoms with van der Waals surface area (Å²) in [4.78, 5) is 2.50. The lowest BCUT2D eigenvalue weighted by atomic mass is 10.3. The van der Waals surface area contributed by atoms with Crippen LogP contribution in [0.5, 0.6) is 0 Å². The van der Waals surface area contributed by atoms with Gasteiger partial charge < -0.3 is 9.16 Å². The first-order valence-corrected chi connectivity index (χ1v) is 8.69. The van der Waals surface area contributed by atoms with Gasteiger partial charge in [0.05, 0.1) is 13.2 Å². The van der Waals surface area contributed by atoms with E-state index in [4.69, 9.17) is 9.16 Å². The first-order chi connectivity index (χ1) is 7.33. The van der Waals surface area contributed by atoms with Crippen molar-refractivity contribution in [2.45, 2.75) is 32.4 Å². The molecule has 15 heavy (non-hydrogen) atoms. The normalized spacial score (nSPS) is 20.4. The van der Waals surface area contributed by atoms with Crippen LogP contribution in [0.3, 0.4) is 0 Å². The lowest BCUT2D eigenvalue weighted by Gasteiger charge is -2.26. The second-order valence-electron chi connectivity index (χ2n) is 4.28. The molecule has 0 spiro atoms. The number of ether oxygens (including phenoxy) is 1. The molecule has 4 heteroatoms. The van der Waals surface area contributed by atoms with Gasteiger partial charge in [0.1, 0.15) is 0 Å². The summed E-state index contributed by atoms with van der Waals surface area (Å²) in [5.74, 6) is 0. The minimum atomic E-state index is -0.850. The van der Waals surface area contributed by atoms with E-state index in [1.165, 1.54) is 19.0 Å². The Morgan fingerprint density at radius 3 is 2.73 bits per heavy atom. The van der Waals surface area contributed by atoms with Gasteiger partial charge in [0.25, 0.3) is 0 Å². The molecule has 1 heterocycles. The molecule has 0 aliphatic carbocycles. The topological polar surface area (TPSA) is 21.7 Å². The maximum Gasteiger partial charge on any atom is 0.173 e. The maximum atomic E-state index is 5.78. The molecule has 0 aromatic carbocycles. The van der Waals surface area contributed by atoms with E-state index in [1.807, 2.05) is 0 Å². The Kier molecular flexibility index (Phi) is 7.26. The van der Waals surface area contributed by atoms with Crippen LogP contribution in [-0.2, 0) is 9.16 Å². The first-order valence-electron chi connectivity index (χ1n) is 6.24. The van der Waals surface area contributed by atoms with Crippen LogP contribution in [-0.4, -0.2) is 53.4 Å². The van der Waals surface area contributed by atoms with Crippen LogP contribution in [0.1, 0.15) is 19.8 Å². The summed E-state index contributed by atoms with van der Waals surface area (Å²) in [5, 5.41) is 0. The molecular weight excluding hydrogens is 206 g/mol. The fourth-order valence-corrected chi connectivity index (χ4v) is 3.39. The second kappa shape index (κ2) is 8.27. The van der Waals surface area contributed by atoms with Crippen molar-refractivity contribution in [3.63, 3.8) is 0 Å². The first kappa shape index (κ1) is 13.2. The molecule has 1 fully saturated rings. The Balaban J connectivity index is 1.94. The van der Waals surface area contributed by atoms with Gasteiger partial charge in [0, 0.05) is 19.7 Å². The Hall–Kier alpha value is 0.0969. The minimum absolute atomic E-state index is 0.850. The summed E-state index contributed by atoms with van der Waals surface area (Å²) in [5.41, 5.74) is 0. The van der Waals surface area contributed by atoms with Crippen LogP contribution in [0.25, 0.3) is 0 Å². The molecule has 1 aliphatic rings. The highest BCUT2D eigenvalue weighted by Crippen LogP contribution is 2.04. The standard InChI is InChI=1S/C11H25NO2Si/c1-3-8-14-15(2)11-4-5-12-6-9-13-10-7-12/h15H,3-11H2,1-2H3. The van der Waals surface area contributed by atoms with Gasteiger partial charge in [0.2, 0.25) is 0 Å². The van der Waals surface area contributed by atoms with E-state index < -0.39 is 9.04 Å². The van der Waals surface area contributed by atoms with E-state index in [0.717, 1.165) is 39.3 Å². The van der Waals surface area contributed by atoms with E-state index in [2.05, 4.69) is 18.4 Å². The molecular formula is C11H25NO2Si. The van der Waals surface area contributed by atoms with Gasteiger partial charge in [-0.2, -0.15) is 0 Å². The zero-order valence-corrected chi connectivity index (χ0v) is 11.4. The van der Waals surface area contributed by atoms with Crippen molar-refractivity contribution in [2.75, 3.05) is 39.5 Å². The van der Waals surface area contributed by atoms with Gasteiger partial charge in [-0.25, -0.2) is 0 Å². The largest absolute Gasteiger partial charge is 0.420 e. The molecule has 90 valence electrons. The zero-order chi connectivity index (χ0) is 10.9. The summed E-state index contributed by atoms with van der Waals surface area (Å²) in [7, 11) is -0.850. The average molecular weight is 231 g/mol. The average Bonchev–Trinajstić information content (AvgIpc) is 2.28. The van der Waals surface area contributed by atoms with Crippen molar-refractivity contribution in [3.05, 3.63) is 0 Å². The SMILES string of the molecule is CCCO[SiH](C)CCCN1CCOCC1. The Morgan fingerprint density at radius 1 is 1.33 bits per heavy atom. The van der Waals surface area contributed by atoms with E-state index in [-0.39, 0.29) is 0 Å². The lowest BCUT2D eigenvalue weighted by Crippen LogP contribution is -2.37. The van der Waals surface area contributed by atoms with Crippen LogP contribution in [0.2, 0.25) is 12.6 Å². The van der Waals surface area contributed by atoms with E-state index >= 15 is 0 Å². The minimum Gasteiger partial charge on any atom is -0.420 e. The molecule has 0 amide bonds. The number of morpholine rings is 1. The molecule has 3 nitrogen and oxygen atoms in total. The third-order valence-electron chi connectivity index (χ3n) is 2.80. The molecule has 1 aliphatic heterocycles. The third-order valence-corrected chi connectivity index (χ3v) is 4.82. The molecule has 1 rings (SSSR count). The molecule has 1 unspecified atom stereocenters. The quantitative estimate of drug-likeness (QED) is 0.620. The summed E-state index contributed by atoms with van der Waals surface area (Å²) in [6, 6.07) is 1.32. The van der Waals surface area contributed by atoms with E-state index in [0.29, 0.717) is 0 Å². The van der Waals surface area contributed by atoms with Crippen molar-refractivity contribution in [3.8, 4) is 0 Å². The van der Waals surface area contributed by atoms with Crippen molar-refractivity contribution in [1.29, 1.82) is 0 Å². The summed E-state index contributed by atoms with van der Waals surface area (Å²) < 4.78 is 11.1. The Bertz CT molecular complexity index is 152. The smallest absolute Gasteiger partial charge is 0.173 e. The molecule has 0 aromatic rings. The highest BCUT2D eigenvalue weighted by atomic mass is 28.3. The van der Waals surface area contributed by atoms with Gasteiger partial charge in [-0.3, -0.25) is 4.90 Å². The lowest BCUT2D eigenvalue weighted by molar-refractivity contribution is 0.0379. The zero-order valence-electron chi connectivity index (χ0n) is 10.2. The van der Waals surface area contributed by atoms with Gasteiger partial charge in [-0.1, -0.05) is 6.92 Å². The summed E-state index contributed by atoms with van der Waals surface area (Å²) >= 11 is 0. The Labute approximate surface area is 95.5 Å². The summed E-state index contributed by atoms with van der Waals surface area (Å²) in [6.45, 7) is 10.8. The number of hydrogen-bond acceptors (Lipinski definition) is 3. The van der Waals surface area contributed by atoms with Crippen LogP contribution >= 0.6 is 0 Å². The molecule has 0 aromatic heterocycles. The molecule has 0 radical (unpaired) electrons. The summed E-state index contributed by atoms with van der Waals surface area (Å²) in [6.07, 6.45) is 2.46. The second-order valence-corrected chi connectivity index (χ2v) is 6.81. The molecule has 0 bridgehead atoms. The molecule has 1 saturated heterocycles. The van der Waals surface area contributed by atoms with Gasteiger partial charge in [-0.05, 0) is 32.0 Å². The molecule has 1 atom stereocenters. The monoisotopic (exact) mass is 231 g/mol. The third kappa shape index (κ3) is 6.30. The van der Waals surface area contributed by atoms with Crippen molar-refractivity contribution >= 4 is 9.04 Å².